The Balaban J connectivity index is 0.993. The molecule has 5 aliphatic rings. The topological polar surface area (TPSA) is 222 Å². The number of ketones is 1. The van der Waals surface area contributed by atoms with Gasteiger partial charge >= 0.3 is 0 Å². The molecule has 7 rings (SSSR count). The molecule has 0 unspecified atom stereocenters. The summed E-state index contributed by atoms with van der Waals surface area (Å²) in [5, 5.41) is 61.2. The zero-order valence-corrected chi connectivity index (χ0v) is 27.2. The molecule has 0 amide bonds. The lowest BCUT2D eigenvalue weighted by Crippen LogP contribution is -2.60. The lowest BCUT2D eigenvalue weighted by molar-refractivity contribution is -0.319. The maximum absolute atomic E-state index is 13.9. The summed E-state index contributed by atoms with van der Waals surface area (Å²) in [6, 6.07) is 6.82. The van der Waals surface area contributed by atoms with E-state index in [2.05, 4.69) is 6.58 Å². The van der Waals surface area contributed by atoms with Crippen molar-refractivity contribution in [3.8, 4) is 28.7 Å². The second kappa shape index (κ2) is 13.9. The van der Waals surface area contributed by atoms with Crippen LogP contribution in [-0.2, 0) is 25.4 Å². The van der Waals surface area contributed by atoms with Gasteiger partial charge in [-0.25, -0.2) is 0 Å². The first-order chi connectivity index (χ1) is 24.0. The van der Waals surface area contributed by atoms with E-state index in [9.17, 15) is 35.4 Å². The number of aliphatic hydroxyl groups is 6. The van der Waals surface area contributed by atoms with Crippen molar-refractivity contribution in [3.63, 3.8) is 0 Å². The van der Waals surface area contributed by atoms with E-state index in [1.807, 2.05) is 0 Å². The number of aliphatic hydroxyl groups excluding tert-OH is 6. The van der Waals surface area contributed by atoms with Crippen molar-refractivity contribution in [3.05, 3.63) is 53.1 Å². The standard InChI is InChI=1S/C34H40O16/c1-13(9-45-34-31(41)29(39)28(38)24(50-34)12-47-33-30(40)27(37)17(35)10-46-33)19-7-16-18(48-19)5-4-14-26(36)25-15-6-21(42-2)22(43-3)8-20(15)44-11-23(25)49-32(14)16/h4-6,8,17,19,23-25,27-31,33-35,37-41H,1,7,9-12H2,2-3H3/t17-,19-,23-,24+,25+,27-,28+,29-,30+,31+,33-,34+/m0/s1. The Morgan fingerprint density at radius 3 is 2.36 bits per heavy atom. The summed E-state index contributed by atoms with van der Waals surface area (Å²) in [7, 11) is 3.04. The van der Waals surface area contributed by atoms with Gasteiger partial charge in [0.1, 0.15) is 78.8 Å². The second-order valence-corrected chi connectivity index (χ2v) is 12.9. The van der Waals surface area contributed by atoms with Crippen LogP contribution in [0.4, 0.5) is 0 Å². The largest absolute Gasteiger partial charge is 0.493 e. The van der Waals surface area contributed by atoms with Crippen molar-refractivity contribution in [1.29, 1.82) is 0 Å². The number of fused-ring (bicyclic) bond motifs is 6. The predicted octanol–water partition coefficient (Wildman–Crippen LogP) is -1.04. The van der Waals surface area contributed by atoms with Gasteiger partial charge in [-0.3, -0.25) is 4.79 Å². The summed E-state index contributed by atoms with van der Waals surface area (Å²) >= 11 is 0. The SMILES string of the molecule is C=C(CO[C@@H]1O[C@H](CO[C@@H]2OC[C@H](O)[C@H](O)[C@H]2O)[C@@H](O)[C@H](O)[C@H]1O)[C@@H]1Cc2c(ccc3c2O[C@H]2COc4cc(OC)c(OC)cc4[C@H]2C3=O)O1. The minimum absolute atomic E-state index is 0.123. The molecule has 0 aliphatic carbocycles. The number of Topliss-reactive ketones (excluding diaryl/α,β-unsaturated/α-hetero) is 1. The average molecular weight is 705 g/mol. The van der Waals surface area contributed by atoms with Crippen LogP contribution in [0.3, 0.4) is 0 Å². The zero-order chi connectivity index (χ0) is 35.4. The Morgan fingerprint density at radius 2 is 1.60 bits per heavy atom. The molecule has 2 fully saturated rings. The zero-order valence-electron chi connectivity index (χ0n) is 27.2. The van der Waals surface area contributed by atoms with Gasteiger partial charge in [0.25, 0.3) is 0 Å². The van der Waals surface area contributed by atoms with E-state index in [1.54, 1.807) is 24.3 Å². The first-order valence-corrected chi connectivity index (χ1v) is 16.2. The lowest BCUT2D eigenvalue weighted by Gasteiger charge is -2.41. The number of rotatable bonds is 9. The molecule has 0 bridgehead atoms. The number of ether oxygens (including phenoxy) is 9. The summed E-state index contributed by atoms with van der Waals surface area (Å²) in [4.78, 5) is 13.9. The average Bonchev–Trinajstić information content (AvgIpc) is 3.57. The van der Waals surface area contributed by atoms with Crippen LogP contribution in [0, 0.1) is 0 Å². The Labute approximate surface area is 286 Å². The fraction of sp³-hybridized carbons (Fsp3) is 0.559. The van der Waals surface area contributed by atoms with E-state index in [0.717, 1.165) is 0 Å². The molecule has 5 heterocycles. The van der Waals surface area contributed by atoms with Crippen molar-refractivity contribution < 1.29 is 78.1 Å². The highest BCUT2D eigenvalue weighted by Crippen LogP contribution is 2.50. The first kappa shape index (κ1) is 34.9. The van der Waals surface area contributed by atoms with Gasteiger partial charge in [0.15, 0.2) is 29.9 Å². The molecular weight excluding hydrogens is 664 g/mol. The third kappa shape index (κ3) is 6.08. The minimum atomic E-state index is -1.67. The molecule has 2 aromatic carbocycles. The molecule has 12 atom stereocenters. The maximum atomic E-state index is 13.9. The molecule has 16 heteroatoms. The fourth-order valence-electron chi connectivity index (χ4n) is 6.88. The molecule has 2 aromatic rings. The first-order valence-electron chi connectivity index (χ1n) is 16.2. The lowest BCUT2D eigenvalue weighted by atomic mass is 9.81. The Hall–Kier alpha value is -3.55. The third-order valence-electron chi connectivity index (χ3n) is 9.76. The highest BCUT2D eigenvalue weighted by Gasteiger charge is 2.48. The van der Waals surface area contributed by atoms with Crippen LogP contribution in [0.25, 0.3) is 0 Å². The highest BCUT2D eigenvalue weighted by atomic mass is 16.7. The Morgan fingerprint density at radius 1 is 0.860 bits per heavy atom. The number of hydrogen-bond acceptors (Lipinski definition) is 16. The molecule has 0 saturated carbocycles. The summed E-state index contributed by atoms with van der Waals surface area (Å²) in [5.74, 6) is 1.67. The van der Waals surface area contributed by atoms with Crippen molar-refractivity contribution in [1.82, 2.24) is 0 Å². The van der Waals surface area contributed by atoms with Crippen LogP contribution in [0.5, 0.6) is 28.7 Å². The van der Waals surface area contributed by atoms with Crippen molar-refractivity contribution in [2.24, 2.45) is 0 Å². The number of carbonyl (C=O) groups excluding carboxylic acids is 1. The van der Waals surface area contributed by atoms with E-state index >= 15 is 0 Å². The maximum Gasteiger partial charge on any atom is 0.187 e. The molecule has 272 valence electrons. The molecule has 2 saturated heterocycles. The Bertz CT molecular complexity index is 1610. The van der Waals surface area contributed by atoms with Crippen LogP contribution >= 0.6 is 0 Å². The van der Waals surface area contributed by atoms with Crippen LogP contribution in [-0.4, -0.2) is 145 Å². The molecule has 5 aliphatic heterocycles. The van der Waals surface area contributed by atoms with E-state index in [4.69, 9.17) is 42.6 Å². The summed E-state index contributed by atoms with van der Waals surface area (Å²) in [6.07, 6.45) is -14.1. The normalized spacial score (nSPS) is 35.7. The van der Waals surface area contributed by atoms with Gasteiger partial charge in [0.2, 0.25) is 0 Å². The second-order valence-electron chi connectivity index (χ2n) is 12.9. The van der Waals surface area contributed by atoms with Crippen molar-refractivity contribution in [2.75, 3.05) is 40.6 Å². The number of carbonyl (C=O) groups is 1. The summed E-state index contributed by atoms with van der Waals surface area (Å²) in [6.45, 7) is 3.35. The quantitative estimate of drug-likeness (QED) is 0.172. The van der Waals surface area contributed by atoms with E-state index < -0.39 is 80.0 Å². The van der Waals surface area contributed by atoms with Gasteiger partial charge in [0.05, 0.1) is 45.5 Å². The van der Waals surface area contributed by atoms with Crippen LogP contribution in [0.1, 0.15) is 27.4 Å². The molecule has 0 radical (unpaired) electrons. The van der Waals surface area contributed by atoms with Crippen LogP contribution < -0.4 is 23.7 Å². The van der Waals surface area contributed by atoms with Gasteiger partial charge in [-0.05, 0) is 23.8 Å². The molecule has 50 heavy (non-hydrogen) atoms. The van der Waals surface area contributed by atoms with Crippen molar-refractivity contribution in [2.45, 2.75) is 79.9 Å². The smallest absolute Gasteiger partial charge is 0.187 e. The van der Waals surface area contributed by atoms with Gasteiger partial charge in [-0.1, -0.05) is 6.58 Å². The minimum Gasteiger partial charge on any atom is -0.493 e. The summed E-state index contributed by atoms with van der Waals surface area (Å²) < 4.78 is 51.5. The van der Waals surface area contributed by atoms with Gasteiger partial charge in [-0.2, -0.15) is 0 Å². The van der Waals surface area contributed by atoms with Gasteiger partial charge in [0, 0.05) is 23.6 Å². The van der Waals surface area contributed by atoms with Crippen LogP contribution in [0.2, 0.25) is 0 Å². The van der Waals surface area contributed by atoms with E-state index in [-0.39, 0.29) is 25.6 Å². The number of benzene rings is 2. The van der Waals surface area contributed by atoms with Crippen LogP contribution in [0.15, 0.2) is 36.4 Å². The predicted molar refractivity (Wildman–Crippen MR) is 167 cm³/mol. The number of methoxy groups -OCH3 is 2. The molecule has 6 N–H and O–H groups in total. The molecule has 0 spiro atoms. The monoisotopic (exact) mass is 704 g/mol. The van der Waals surface area contributed by atoms with E-state index in [1.165, 1.54) is 14.2 Å². The summed E-state index contributed by atoms with van der Waals surface area (Å²) in [5.41, 5.74) is 2.20. The number of hydrogen-bond donors (Lipinski definition) is 6. The molecular formula is C34H40O16. The highest BCUT2D eigenvalue weighted by molar-refractivity contribution is 6.06. The third-order valence-corrected chi connectivity index (χ3v) is 9.76. The Kier molecular flexibility index (Phi) is 9.68. The van der Waals surface area contributed by atoms with Gasteiger partial charge < -0.3 is 73.3 Å². The fourth-order valence-corrected chi connectivity index (χ4v) is 6.88. The molecule has 0 aromatic heterocycles. The van der Waals surface area contributed by atoms with E-state index in [0.29, 0.717) is 57.4 Å². The van der Waals surface area contributed by atoms with Gasteiger partial charge in [-0.15, -0.1) is 0 Å². The molecule has 16 nitrogen and oxygen atoms in total. The van der Waals surface area contributed by atoms with Crippen molar-refractivity contribution >= 4 is 5.78 Å².